The summed E-state index contributed by atoms with van der Waals surface area (Å²) in [4.78, 5) is 18.7. The summed E-state index contributed by atoms with van der Waals surface area (Å²) in [5, 5.41) is 12.9. The number of nitrogens with zero attached hydrogens (tertiary/aromatic N) is 3. The number of sulfonamides is 1. The summed E-state index contributed by atoms with van der Waals surface area (Å²) in [6, 6.07) is 17.3. The van der Waals surface area contributed by atoms with Gasteiger partial charge in [0.25, 0.3) is 25.8 Å². The van der Waals surface area contributed by atoms with E-state index >= 15 is 0 Å². The number of hydrogen-bond donors (Lipinski definition) is 3. The lowest BCUT2D eigenvalue weighted by Crippen LogP contribution is -2.47. The first-order chi connectivity index (χ1) is 31.5. The van der Waals surface area contributed by atoms with E-state index in [1.165, 1.54) is 29.5 Å². The second-order valence-electron chi connectivity index (χ2n) is 18.7. The Morgan fingerprint density at radius 2 is 1.58 bits per heavy atom. The molecule has 0 spiro atoms. The molecule has 0 saturated carbocycles. The van der Waals surface area contributed by atoms with Crippen molar-refractivity contribution in [2.24, 2.45) is 11.3 Å². The van der Waals surface area contributed by atoms with Crippen molar-refractivity contribution in [3.8, 4) is 0 Å². The zero-order valence-corrected chi connectivity index (χ0v) is 40.7. The Kier molecular flexibility index (Phi) is 17.3. The molecule has 1 aliphatic carbocycles. The van der Waals surface area contributed by atoms with Crippen LogP contribution in [-0.2, 0) is 19.9 Å². The topological polar surface area (TPSA) is 139 Å². The summed E-state index contributed by atoms with van der Waals surface area (Å²) >= 11 is 1.42. The zero-order chi connectivity index (χ0) is 48.7. The molecule has 1 amide bonds. The van der Waals surface area contributed by atoms with E-state index < -0.39 is 71.2 Å². The van der Waals surface area contributed by atoms with Crippen LogP contribution in [0, 0.1) is 11.3 Å². The zero-order valence-electron chi connectivity index (χ0n) is 38.2. The summed E-state index contributed by atoms with van der Waals surface area (Å²) < 4.78 is 125. The molecule has 3 aromatic rings. The Morgan fingerprint density at radius 1 is 0.925 bits per heavy atom. The fraction of sp³-hybridized carbons (Fsp3) is 0.521. The maximum absolute atomic E-state index is 14.2. The van der Waals surface area contributed by atoms with Crippen LogP contribution in [0.25, 0.3) is 0 Å². The number of likely N-dealkylation sites (tertiary alicyclic amines) is 1. The first-order valence-electron chi connectivity index (χ1n) is 22.6. The lowest BCUT2D eigenvalue weighted by molar-refractivity contribution is -0.0436. The van der Waals surface area contributed by atoms with Crippen molar-refractivity contribution in [1.82, 2.24) is 14.5 Å². The lowest BCUT2D eigenvalue weighted by Gasteiger charge is -2.40. The largest absolute Gasteiger partial charge is 0.501 e. The number of aliphatic hydroxyl groups excluding tert-OH is 1. The van der Waals surface area contributed by atoms with Gasteiger partial charge in [-0.05, 0) is 111 Å². The minimum absolute atomic E-state index is 0.0462. The van der Waals surface area contributed by atoms with Crippen molar-refractivity contribution in [3.63, 3.8) is 0 Å². The highest BCUT2D eigenvalue weighted by Crippen LogP contribution is 2.43. The molecule has 67 heavy (non-hydrogen) atoms. The second-order valence-corrected chi connectivity index (χ2v) is 23.4. The van der Waals surface area contributed by atoms with Crippen molar-refractivity contribution in [2.75, 3.05) is 68.3 Å². The summed E-state index contributed by atoms with van der Waals surface area (Å²) in [6.45, 7) is 15.4. The van der Waals surface area contributed by atoms with Gasteiger partial charge in [0.1, 0.15) is 4.90 Å². The highest BCUT2D eigenvalue weighted by atomic mass is 32.2. The molecule has 19 heteroatoms. The Hall–Kier alpha value is -4.01. The van der Waals surface area contributed by atoms with Gasteiger partial charge >= 0.3 is 5.51 Å². The number of aliphatic hydroxyl groups is 1. The summed E-state index contributed by atoms with van der Waals surface area (Å²) in [6.07, 6.45) is 1.64. The molecule has 2 aliphatic heterocycles. The monoisotopic (exact) mass is 995 g/mol. The molecule has 2 fully saturated rings. The van der Waals surface area contributed by atoms with Gasteiger partial charge in [0.2, 0.25) is 6.43 Å². The maximum atomic E-state index is 14.2. The molecule has 3 N–H and O–H groups in total. The second kappa shape index (κ2) is 22.2. The number of benzene rings is 3. The predicted octanol–water partition coefficient (Wildman–Crippen LogP) is 8.99. The number of alkyl halides is 5. The molecule has 2 unspecified atom stereocenters. The quantitative estimate of drug-likeness (QED) is 0.0784. The number of allylic oxidation sites excluding steroid dienone is 2. The first-order valence-corrected chi connectivity index (χ1v) is 26.6. The van der Waals surface area contributed by atoms with E-state index in [0.29, 0.717) is 70.4 Å². The summed E-state index contributed by atoms with van der Waals surface area (Å²) in [5.74, 6) is -1.50. The smallest absolute Gasteiger partial charge is 0.393 e. The van der Waals surface area contributed by atoms with Crippen LogP contribution in [0.1, 0.15) is 76.1 Å². The molecule has 6 rings (SSSR count). The Bertz CT molecular complexity index is 2440. The third kappa shape index (κ3) is 14.1. The van der Waals surface area contributed by atoms with Crippen molar-refractivity contribution in [2.45, 2.75) is 104 Å². The van der Waals surface area contributed by atoms with E-state index in [1.54, 1.807) is 19.1 Å². The Balaban J connectivity index is 1.12. The number of carbonyl (C=O) groups excluding carboxylic acids is 1. The van der Waals surface area contributed by atoms with Crippen molar-refractivity contribution in [3.05, 3.63) is 102 Å². The SMILES string of the molecule is C=C(CC(C)C(F)F)C1=C(CN2CCN(c3ccc(C(=O)NS(=O)(=O)c4ccc(NC(CCN5CCC(O)CC5)CSc5ccccc5)c(S(=O)(=O)C(F)(F)F)c4)cc3)CC2)CC(C)(C)CC1. The van der Waals surface area contributed by atoms with Crippen LogP contribution < -0.4 is 14.9 Å². The number of nitrogens with one attached hydrogen (secondary N) is 2. The van der Waals surface area contributed by atoms with E-state index in [2.05, 4.69) is 40.4 Å². The van der Waals surface area contributed by atoms with Crippen LogP contribution in [0.15, 0.2) is 111 Å². The number of amides is 1. The molecule has 11 nitrogen and oxygen atoms in total. The van der Waals surface area contributed by atoms with Crippen LogP contribution in [-0.4, -0.2) is 120 Å². The predicted molar refractivity (Wildman–Crippen MR) is 254 cm³/mol. The standard InChI is InChI=1S/C48H62F5N5O6S3/c1-33(28-34(2)45(49)50)42-16-20-47(3,4)30-36(42)31-57-24-26-58(27-25-57)38-12-10-35(11-13-38)46(60)55-67(63,64)41-14-15-43(44(29-41)66(61,62)48(51,52)53)54-37(32-65-40-8-6-5-7-9-40)17-21-56-22-18-39(59)19-23-56/h5-15,29,34,37,39,45,54,59H,1,16-28,30-32H2,2-4H3,(H,55,60). The Labute approximate surface area is 396 Å². The minimum Gasteiger partial charge on any atom is -0.393 e. The molecule has 0 bridgehead atoms. The van der Waals surface area contributed by atoms with E-state index in [9.17, 15) is 48.7 Å². The van der Waals surface area contributed by atoms with Gasteiger partial charge in [-0.2, -0.15) is 13.2 Å². The molecule has 2 saturated heterocycles. The normalized spacial score (nSPS) is 19.0. The van der Waals surface area contributed by atoms with Gasteiger partial charge in [-0.25, -0.2) is 30.3 Å². The number of halogens is 5. The first kappa shape index (κ1) is 52.4. The molecule has 0 aromatic heterocycles. The van der Waals surface area contributed by atoms with Crippen LogP contribution in [0.5, 0.6) is 0 Å². The molecule has 3 aliphatic rings. The fourth-order valence-corrected chi connectivity index (χ4v) is 11.9. The highest BCUT2D eigenvalue weighted by Gasteiger charge is 2.48. The molecule has 368 valence electrons. The van der Waals surface area contributed by atoms with Gasteiger partial charge in [-0.1, -0.05) is 56.7 Å². The van der Waals surface area contributed by atoms with Crippen molar-refractivity contribution >= 4 is 48.9 Å². The van der Waals surface area contributed by atoms with Crippen LogP contribution in [0.2, 0.25) is 0 Å². The molecule has 2 atom stereocenters. The third-order valence-electron chi connectivity index (χ3n) is 12.9. The van der Waals surface area contributed by atoms with Gasteiger partial charge in [0.05, 0.1) is 16.7 Å². The van der Waals surface area contributed by atoms with Crippen LogP contribution in [0.4, 0.5) is 33.3 Å². The fourth-order valence-electron chi connectivity index (χ4n) is 8.84. The number of anilines is 2. The summed E-state index contributed by atoms with van der Waals surface area (Å²) in [7, 11) is -11.0. The summed E-state index contributed by atoms with van der Waals surface area (Å²) in [5.41, 5.74) is -2.22. The molecule has 3 aromatic carbocycles. The van der Waals surface area contributed by atoms with Gasteiger partial charge in [0.15, 0.2) is 0 Å². The van der Waals surface area contributed by atoms with Gasteiger partial charge in [-0.3, -0.25) is 9.69 Å². The lowest BCUT2D eigenvalue weighted by atomic mass is 9.72. The van der Waals surface area contributed by atoms with Crippen LogP contribution in [0.3, 0.4) is 0 Å². The minimum atomic E-state index is -6.09. The number of hydrogen-bond acceptors (Lipinski definition) is 11. The highest BCUT2D eigenvalue weighted by molar-refractivity contribution is 7.99. The van der Waals surface area contributed by atoms with Gasteiger partial charge < -0.3 is 20.2 Å². The molecule has 0 radical (unpaired) electrons. The van der Waals surface area contributed by atoms with Crippen LogP contribution >= 0.6 is 11.8 Å². The maximum Gasteiger partial charge on any atom is 0.501 e. The third-order valence-corrected chi connectivity index (χ3v) is 16.9. The van der Waals surface area contributed by atoms with E-state index in [1.807, 2.05) is 35.1 Å². The van der Waals surface area contributed by atoms with Gasteiger partial charge in [-0.15, -0.1) is 11.8 Å². The van der Waals surface area contributed by atoms with Gasteiger partial charge in [0, 0.05) is 86.2 Å². The molecule has 2 heterocycles. The van der Waals surface area contributed by atoms with E-state index in [0.717, 1.165) is 66.2 Å². The average molecular weight is 996 g/mol. The Morgan fingerprint density at radius 3 is 2.21 bits per heavy atom. The van der Waals surface area contributed by atoms with E-state index in [4.69, 9.17) is 0 Å². The number of piperidine rings is 1. The molecular formula is C48H62F5N5O6S3. The molecular weight excluding hydrogens is 934 g/mol. The number of piperazine rings is 1. The van der Waals surface area contributed by atoms with Crippen molar-refractivity contribution in [1.29, 1.82) is 0 Å². The number of thioether (sulfide) groups is 1. The number of sulfone groups is 1. The number of carbonyl (C=O) groups is 1. The number of rotatable bonds is 19. The van der Waals surface area contributed by atoms with Crippen molar-refractivity contribution < 1.29 is 48.7 Å². The van der Waals surface area contributed by atoms with E-state index in [-0.39, 0.29) is 17.4 Å². The average Bonchev–Trinajstić information content (AvgIpc) is 3.27.